The summed E-state index contributed by atoms with van der Waals surface area (Å²) in [5.74, 6) is 0.0552. The third-order valence-corrected chi connectivity index (χ3v) is 6.15. The lowest BCUT2D eigenvalue weighted by Gasteiger charge is -2.41. The van der Waals surface area contributed by atoms with Crippen LogP contribution in [0.5, 0.6) is 0 Å². The third-order valence-electron chi connectivity index (χ3n) is 5.83. The highest BCUT2D eigenvalue weighted by atomic mass is 35.5. The Hall–Kier alpha value is -1.77. The van der Waals surface area contributed by atoms with Crippen LogP contribution in [0.4, 0.5) is 5.69 Å². The van der Waals surface area contributed by atoms with E-state index in [0.29, 0.717) is 6.54 Å². The van der Waals surface area contributed by atoms with Crippen LogP contribution in [0.2, 0.25) is 5.02 Å². The highest BCUT2D eigenvalue weighted by Crippen LogP contribution is 2.32. The molecule has 2 fully saturated rings. The van der Waals surface area contributed by atoms with E-state index in [4.69, 9.17) is 11.6 Å². The van der Waals surface area contributed by atoms with Crippen LogP contribution in [0, 0.1) is 11.3 Å². The number of carbonyl (C=O) groups is 1. The van der Waals surface area contributed by atoms with Crippen molar-refractivity contribution >= 4 is 23.2 Å². The molecule has 1 aromatic rings. The molecule has 2 aliphatic rings. The lowest BCUT2D eigenvalue weighted by atomic mass is 9.81. The molecule has 0 unspecified atom stereocenters. The van der Waals surface area contributed by atoms with E-state index in [1.807, 2.05) is 24.3 Å². The summed E-state index contributed by atoms with van der Waals surface area (Å²) in [5.41, 5.74) is 0.456. The fraction of sp³-hybridized carbons (Fsp3) is 0.600. The van der Waals surface area contributed by atoms with Gasteiger partial charge in [0, 0.05) is 33.2 Å². The molecule has 1 heterocycles. The van der Waals surface area contributed by atoms with Crippen molar-refractivity contribution in [1.82, 2.24) is 9.80 Å². The van der Waals surface area contributed by atoms with E-state index >= 15 is 0 Å². The molecule has 0 bridgehead atoms. The maximum atomic E-state index is 12.8. The van der Waals surface area contributed by atoms with Crippen molar-refractivity contribution in [3.05, 3.63) is 29.3 Å². The maximum Gasteiger partial charge on any atom is 0.237 e. The zero-order chi connectivity index (χ0) is 18.6. The molecule has 0 radical (unpaired) electrons. The third kappa shape index (κ3) is 3.97. The molecule has 1 amide bonds. The van der Waals surface area contributed by atoms with Gasteiger partial charge in [-0.25, -0.2) is 0 Å². The number of hydrogen-bond donors (Lipinski definition) is 0. The average Bonchev–Trinajstić information content (AvgIpc) is 2.69. The SMILES string of the molecule is CN(C(=O)CN1CCN(c2ccccc2Cl)CC1)C1(C#N)CCCCC1. The summed E-state index contributed by atoms with van der Waals surface area (Å²) in [7, 11) is 1.80. The van der Waals surface area contributed by atoms with Crippen molar-refractivity contribution in [3.8, 4) is 6.07 Å². The zero-order valence-electron chi connectivity index (χ0n) is 15.5. The number of halogens is 1. The number of likely N-dealkylation sites (N-methyl/N-ethyl adjacent to an activating group) is 1. The summed E-state index contributed by atoms with van der Waals surface area (Å²) in [6, 6.07) is 10.3. The van der Waals surface area contributed by atoms with Crippen molar-refractivity contribution in [2.24, 2.45) is 0 Å². The monoisotopic (exact) mass is 374 g/mol. The van der Waals surface area contributed by atoms with E-state index in [1.165, 1.54) is 0 Å². The highest BCUT2D eigenvalue weighted by molar-refractivity contribution is 6.33. The van der Waals surface area contributed by atoms with E-state index in [9.17, 15) is 10.1 Å². The van der Waals surface area contributed by atoms with Gasteiger partial charge in [0.05, 0.1) is 23.3 Å². The fourth-order valence-electron chi connectivity index (χ4n) is 4.05. The first kappa shape index (κ1) is 19.0. The Bertz CT molecular complexity index is 673. The zero-order valence-corrected chi connectivity index (χ0v) is 16.2. The van der Waals surface area contributed by atoms with Gasteiger partial charge in [-0.15, -0.1) is 0 Å². The molecule has 0 spiro atoms. The van der Waals surface area contributed by atoms with Gasteiger partial charge in [0.2, 0.25) is 5.91 Å². The standard InChI is InChI=1S/C20H27ClN4O/c1-23(20(16-22)9-5-2-6-10-20)19(26)15-24-11-13-25(14-12-24)18-8-4-3-7-17(18)21/h3-4,7-8H,2,5-6,9-15H2,1H3. The minimum Gasteiger partial charge on any atom is -0.368 e. The van der Waals surface area contributed by atoms with Gasteiger partial charge >= 0.3 is 0 Å². The predicted molar refractivity (Wildman–Crippen MR) is 104 cm³/mol. The number of amides is 1. The number of hydrogen-bond acceptors (Lipinski definition) is 4. The molecular formula is C20H27ClN4O. The molecule has 1 saturated heterocycles. The molecule has 0 N–H and O–H groups in total. The van der Waals surface area contributed by atoms with Crippen LogP contribution < -0.4 is 4.90 Å². The van der Waals surface area contributed by atoms with E-state index in [1.54, 1.807) is 11.9 Å². The van der Waals surface area contributed by atoms with Gasteiger partial charge in [-0.3, -0.25) is 9.69 Å². The largest absolute Gasteiger partial charge is 0.368 e. The van der Waals surface area contributed by atoms with Crippen LogP contribution in [0.25, 0.3) is 0 Å². The Morgan fingerprint density at radius 1 is 1.19 bits per heavy atom. The van der Waals surface area contributed by atoms with E-state index in [-0.39, 0.29) is 5.91 Å². The molecule has 1 aromatic carbocycles. The van der Waals surface area contributed by atoms with Crippen LogP contribution in [0.15, 0.2) is 24.3 Å². The van der Waals surface area contributed by atoms with Crippen LogP contribution in [0.1, 0.15) is 32.1 Å². The molecule has 0 atom stereocenters. The second kappa shape index (κ2) is 8.28. The van der Waals surface area contributed by atoms with Gasteiger partial charge in [-0.05, 0) is 25.0 Å². The molecule has 26 heavy (non-hydrogen) atoms. The Balaban J connectivity index is 1.55. The van der Waals surface area contributed by atoms with Gasteiger partial charge in [0.1, 0.15) is 5.54 Å². The number of piperazine rings is 1. The smallest absolute Gasteiger partial charge is 0.237 e. The quantitative estimate of drug-likeness (QED) is 0.812. The van der Waals surface area contributed by atoms with Crippen LogP contribution in [-0.2, 0) is 4.79 Å². The van der Waals surface area contributed by atoms with Gasteiger partial charge in [0.15, 0.2) is 0 Å². The summed E-state index contributed by atoms with van der Waals surface area (Å²) in [6.45, 7) is 3.74. The second-order valence-electron chi connectivity index (χ2n) is 7.37. The maximum absolute atomic E-state index is 12.8. The minimum absolute atomic E-state index is 0.0552. The van der Waals surface area contributed by atoms with Gasteiger partial charge in [-0.1, -0.05) is 43.0 Å². The molecule has 1 saturated carbocycles. The molecule has 1 aliphatic carbocycles. The number of para-hydroxylation sites is 1. The number of rotatable bonds is 4. The van der Waals surface area contributed by atoms with Crippen molar-refractivity contribution in [1.29, 1.82) is 5.26 Å². The summed E-state index contributed by atoms with van der Waals surface area (Å²) >= 11 is 6.29. The van der Waals surface area contributed by atoms with Gasteiger partial charge in [0.25, 0.3) is 0 Å². The molecule has 1 aliphatic heterocycles. The van der Waals surface area contributed by atoms with Crippen molar-refractivity contribution in [2.75, 3.05) is 44.7 Å². The molecule has 6 heteroatoms. The molecule has 3 rings (SSSR count). The van der Waals surface area contributed by atoms with Crippen LogP contribution >= 0.6 is 11.6 Å². The predicted octanol–water partition coefficient (Wildman–Crippen LogP) is 3.15. The Morgan fingerprint density at radius 3 is 2.46 bits per heavy atom. The summed E-state index contributed by atoms with van der Waals surface area (Å²) in [5, 5.41) is 10.4. The number of carbonyl (C=O) groups excluding carboxylic acids is 1. The number of nitriles is 1. The van der Waals surface area contributed by atoms with Crippen LogP contribution in [-0.4, -0.2) is 61.0 Å². The molecule has 140 valence electrons. The summed E-state index contributed by atoms with van der Waals surface area (Å²) in [4.78, 5) is 18.9. The normalized spacial score (nSPS) is 20.4. The van der Waals surface area contributed by atoms with Crippen molar-refractivity contribution < 1.29 is 4.79 Å². The fourth-order valence-corrected chi connectivity index (χ4v) is 4.31. The number of anilines is 1. The number of nitrogens with zero attached hydrogens (tertiary/aromatic N) is 4. The first-order valence-corrected chi connectivity index (χ1v) is 9.83. The summed E-state index contributed by atoms with van der Waals surface area (Å²) < 4.78 is 0. The minimum atomic E-state index is -0.602. The molecule has 0 aromatic heterocycles. The lowest BCUT2D eigenvalue weighted by molar-refractivity contribution is -0.136. The Morgan fingerprint density at radius 2 is 1.85 bits per heavy atom. The van der Waals surface area contributed by atoms with Gasteiger partial charge in [-0.2, -0.15) is 5.26 Å². The number of benzene rings is 1. The average molecular weight is 375 g/mol. The topological polar surface area (TPSA) is 50.6 Å². The van der Waals surface area contributed by atoms with E-state index < -0.39 is 5.54 Å². The highest BCUT2D eigenvalue weighted by Gasteiger charge is 2.39. The molecular weight excluding hydrogens is 348 g/mol. The Kier molecular flexibility index (Phi) is 6.05. The van der Waals surface area contributed by atoms with Gasteiger partial charge < -0.3 is 9.80 Å². The van der Waals surface area contributed by atoms with E-state index in [0.717, 1.165) is 69.0 Å². The van der Waals surface area contributed by atoms with Crippen LogP contribution in [0.3, 0.4) is 0 Å². The first-order chi connectivity index (χ1) is 12.6. The lowest BCUT2D eigenvalue weighted by Crippen LogP contribution is -2.55. The van der Waals surface area contributed by atoms with Crippen molar-refractivity contribution in [3.63, 3.8) is 0 Å². The second-order valence-corrected chi connectivity index (χ2v) is 7.78. The van der Waals surface area contributed by atoms with E-state index in [2.05, 4.69) is 15.9 Å². The van der Waals surface area contributed by atoms with Crippen molar-refractivity contribution in [2.45, 2.75) is 37.6 Å². The Labute approximate surface area is 161 Å². The first-order valence-electron chi connectivity index (χ1n) is 9.45. The summed E-state index contributed by atoms with van der Waals surface area (Å²) in [6.07, 6.45) is 4.82. The molecule has 5 nitrogen and oxygen atoms in total.